The molecule has 270 valence electrons. The maximum absolute atomic E-state index is 14.2. The van der Waals surface area contributed by atoms with Gasteiger partial charge in [-0.25, -0.2) is 13.2 Å². The molecule has 1 aliphatic rings. The van der Waals surface area contributed by atoms with Gasteiger partial charge in [0.15, 0.2) is 0 Å². The lowest BCUT2D eigenvalue weighted by molar-refractivity contribution is -0.143. The predicted octanol–water partition coefficient (Wildman–Crippen LogP) is 2.75. The van der Waals surface area contributed by atoms with Crippen LogP contribution in [0.3, 0.4) is 0 Å². The summed E-state index contributed by atoms with van der Waals surface area (Å²) in [6.07, 6.45) is 1.97. The van der Waals surface area contributed by atoms with Gasteiger partial charge in [-0.15, -0.1) is 17.9 Å². The van der Waals surface area contributed by atoms with Crippen LogP contribution in [0.4, 0.5) is 4.79 Å². The number of urea groups is 1. The van der Waals surface area contributed by atoms with Crippen LogP contribution in [0.5, 0.6) is 0 Å². The molecular weight excluding hydrogens is 657 g/mol. The van der Waals surface area contributed by atoms with Crippen LogP contribution >= 0.6 is 11.3 Å². The topological polar surface area (TPSA) is 174 Å². The summed E-state index contributed by atoms with van der Waals surface area (Å²) in [5.41, 5.74) is -1.33. The Bertz CT molecular complexity index is 1410. The average Bonchev–Trinajstić information content (AvgIpc) is 3.69. The minimum atomic E-state index is -3.78. The van der Waals surface area contributed by atoms with Crippen LogP contribution in [0.15, 0.2) is 34.4 Å². The van der Waals surface area contributed by atoms with E-state index in [1.165, 1.54) is 15.3 Å². The molecule has 2 rings (SSSR count). The first-order valence-electron chi connectivity index (χ1n) is 16.3. The average molecular weight is 711 g/mol. The van der Waals surface area contributed by atoms with Gasteiger partial charge >= 0.3 is 6.03 Å². The van der Waals surface area contributed by atoms with Gasteiger partial charge in [-0.1, -0.05) is 74.5 Å². The molecule has 1 aromatic rings. The van der Waals surface area contributed by atoms with E-state index in [2.05, 4.69) is 27.8 Å². The molecule has 0 radical (unpaired) electrons. The van der Waals surface area contributed by atoms with Gasteiger partial charge < -0.3 is 26.2 Å². The number of nitrogens with zero attached hydrogens (tertiary/aromatic N) is 2. The molecule has 4 N–H and O–H groups in total. The second-order valence-electron chi connectivity index (χ2n) is 14.5. The van der Waals surface area contributed by atoms with Crippen molar-refractivity contribution in [1.82, 2.24) is 30.5 Å². The van der Waals surface area contributed by atoms with E-state index < -0.39 is 75.1 Å². The standard InChI is InChI=1S/C33H54N6O7S2/c1-11-16-34-28(41)23(40)19-35-29(42)26-22(21(3)4)15-17-39(26)30(43)27(33(8,9)10)37-31(44)36-24(32(5,6)7)20-38(12-2)48(45,46)25-14-13-18-47-25/h11,13-14,18,21-22,24,26-27H,1,12,15-17,19-20H2,2-10H3,(H,34,41)(H,35,42)(H2,36,37,44)/t22-,24-,26+,27-/m1/s1. The third kappa shape index (κ3) is 10.6. The zero-order chi connectivity index (χ0) is 36.6. The van der Waals surface area contributed by atoms with Gasteiger partial charge in [0.05, 0.1) is 6.54 Å². The molecule has 0 bridgehead atoms. The van der Waals surface area contributed by atoms with E-state index in [4.69, 9.17) is 0 Å². The van der Waals surface area contributed by atoms with E-state index in [1.807, 2.05) is 34.6 Å². The summed E-state index contributed by atoms with van der Waals surface area (Å²) < 4.78 is 28.2. The van der Waals surface area contributed by atoms with Gasteiger partial charge in [0.25, 0.3) is 15.9 Å². The molecule has 0 spiro atoms. The second kappa shape index (κ2) is 16.9. The number of thiophene rings is 1. The lowest BCUT2D eigenvalue weighted by atomic mass is 9.84. The highest BCUT2D eigenvalue weighted by molar-refractivity contribution is 7.91. The Morgan fingerprint density at radius 3 is 2.21 bits per heavy atom. The maximum atomic E-state index is 14.2. The largest absolute Gasteiger partial charge is 0.347 e. The van der Waals surface area contributed by atoms with Crippen molar-refractivity contribution in [2.45, 2.75) is 91.1 Å². The highest BCUT2D eigenvalue weighted by Crippen LogP contribution is 2.33. The number of likely N-dealkylation sites (N-methyl/N-ethyl adjacent to an activating group) is 1. The van der Waals surface area contributed by atoms with Crippen LogP contribution in [0.1, 0.15) is 68.7 Å². The number of ketones is 1. The molecule has 5 amide bonds. The summed E-state index contributed by atoms with van der Waals surface area (Å²) >= 11 is 1.12. The van der Waals surface area contributed by atoms with Gasteiger partial charge in [-0.2, -0.15) is 4.31 Å². The van der Waals surface area contributed by atoms with Crippen molar-refractivity contribution in [3.05, 3.63) is 30.2 Å². The van der Waals surface area contributed by atoms with Gasteiger partial charge in [-0.3, -0.25) is 19.2 Å². The molecule has 1 aromatic heterocycles. The van der Waals surface area contributed by atoms with Crippen molar-refractivity contribution in [2.75, 3.05) is 32.7 Å². The Hall–Kier alpha value is -3.30. The summed E-state index contributed by atoms with van der Waals surface area (Å²) in [4.78, 5) is 67.1. The smallest absolute Gasteiger partial charge is 0.315 e. The number of sulfonamides is 1. The third-order valence-corrected chi connectivity index (χ3v) is 11.8. The van der Waals surface area contributed by atoms with Crippen molar-refractivity contribution in [3.8, 4) is 0 Å². The fourth-order valence-corrected chi connectivity index (χ4v) is 8.14. The first kappa shape index (κ1) is 40.9. The molecule has 1 fully saturated rings. The predicted molar refractivity (Wildman–Crippen MR) is 187 cm³/mol. The summed E-state index contributed by atoms with van der Waals surface area (Å²) in [6.45, 7) is 20.2. The van der Waals surface area contributed by atoms with Crippen molar-refractivity contribution in [2.24, 2.45) is 22.7 Å². The Morgan fingerprint density at radius 2 is 1.71 bits per heavy atom. The van der Waals surface area contributed by atoms with Crippen LogP contribution in [0, 0.1) is 22.7 Å². The zero-order valence-electron chi connectivity index (χ0n) is 29.7. The number of hydrogen-bond donors (Lipinski definition) is 4. The molecule has 1 saturated heterocycles. The van der Waals surface area contributed by atoms with E-state index in [0.29, 0.717) is 6.42 Å². The number of carbonyl (C=O) groups is 5. The first-order chi connectivity index (χ1) is 22.2. The van der Waals surface area contributed by atoms with E-state index in [1.54, 1.807) is 45.2 Å². The first-order valence-corrected chi connectivity index (χ1v) is 18.6. The molecule has 0 aromatic carbocycles. The fraction of sp³-hybridized carbons (Fsp3) is 0.667. The SMILES string of the molecule is C=CCNC(=O)C(=O)CNC(=O)[C@@H]1[C@@H](C(C)C)CCN1C(=O)[C@@H](NC(=O)N[C@H](CN(CC)S(=O)(=O)c1cccs1)C(C)(C)C)C(C)(C)C. The van der Waals surface area contributed by atoms with Crippen molar-refractivity contribution < 1.29 is 32.4 Å². The minimum Gasteiger partial charge on any atom is -0.347 e. The zero-order valence-corrected chi connectivity index (χ0v) is 31.3. The van der Waals surface area contributed by atoms with Crippen LogP contribution < -0.4 is 21.3 Å². The molecule has 0 saturated carbocycles. The van der Waals surface area contributed by atoms with E-state index in [-0.39, 0.29) is 42.2 Å². The summed E-state index contributed by atoms with van der Waals surface area (Å²) in [5, 5.41) is 12.4. The van der Waals surface area contributed by atoms with E-state index >= 15 is 0 Å². The third-order valence-electron chi connectivity index (χ3n) is 8.50. The lowest BCUT2D eigenvalue weighted by Gasteiger charge is -2.38. The molecule has 2 heterocycles. The molecule has 4 atom stereocenters. The molecule has 15 heteroatoms. The molecule has 48 heavy (non-hydrogen) atoms. The van der Waals surface area contributed by atoms with Crippen LogP contribution in [-0.2, 0) is 29.2 Å². The van der Waals surface area contributed by atoms with E-state index in [9.17, 15) is 32.4 Å². The van der Waals surface area contributed by atoms with Gasteiger partial charge in [0.2, 0.25) is 17.6 Å². The quantitative estimate of drug-likeness (QED) is 0.160. The summed E-state index contributed by atoms with van der Waals surface area (Å²) in [7, 11) is -3.78. The number of rotatable bonds is 15. The highest BCUT2D eigenvalue weighted by atomic mass is 32.2. The molecule has 0 unspecified atom stereocenters. The second-order valence-corrected chi connectivity index (χ2v) is 17.6. The molecule has 13 nitrogen and oxygen atoms in total. The lowest BCUT2D eigenvalue weighted by Crippen LogP contribution is -2.62. The number of nitrogens with one attached hydrogen (secondary N) is 4. The minimum absolute atomic E-state index is 0.0105. The molecule has 1 aliphatic heterocycles. The van der Waals surface area contributed by atoms with Crippen molar-refractivity contribution >= 4 is 50.9 Å². The van der Waals surface area contributed by atoms with Crippen molar-refractivity contribution in [1.29, 1.82) is 0 Å². The van der Waals surface area contributed by atoms with Gasteiger partial charge in [-0.05, 0) is 40.5 Å². The number of amides is 5. The molecular formula is C33H54N6O7S2. The molecule has 0 aliphatic carbocycles. The fourth-order valence-electron chi connectivity index (χ4n) is 5.53. The van der Waals surface area contributed by atoms with Crippen LogP contribution in [0.2, 0.25) is 0 Å². The Kier molecular flexibility index (Phi) is 14.4. The summed E-state index contributed by atoms with van der Waals surface area (Å²) in [6, 6.07) is -0.0293. The Balaban J connectivity index is 2.28. The van der Waals surface area contributed by atoms with E-state index in [0.717, 1.165) is 11.3 Å². The number of likely N-dealkylation sites (tertiary alicyclic amines) is 1. The van der Waals surface area contributed by atoms with Crippen LogP contribution in [0.25, 0.3) is 0 Å². The Morgan fingerprint density at radius 1 is 1.06 bits per heavy atom. The number of Topliss-reactive ketones (excluding diaryl/α,β-unsaturated/α-hetero) is 1. The number of hydrogen-bond acceptors (Lipinski definition) is 8. The maximum Gasteiger partial charge on any atom is 0.315 e. The summed E-state index contributed by atoms with van der Waals surface area (Å²) in [5.74, 6) is -2.89. The normalized spacial score (nSPS) is 18.3. The highest BCUT2D eigenvalue weighted by Gasteiger charge is 2.47. The van der Waals surface area contributed by atoms with Crippen molar-refractivity contribution in [3.63, 3.8) is 0 Å². The van der Waals surface area contributed by atoms with Gasteiger partial charge in [0.1, 0.15) is 16.3 Å². The monoisotopic (exact) mass is 710 g/mol. The van der Waals surface area contributed by atoms with Crippen LogP contribution in [-0.4, -0.2) is 98.0 Å². The Labute approximate surface area is 289 Å². The number of carbonyl (C=O) groups excluding carboxylic acids is 5. The van der Waals surface area contributed by atoms with Gasteiger partial charge in [0, 0.05) is 32.2 Å².